The number of nitrogens with zero attached hydrogens (tertiary/aromatic N) is 7. The molecule has 2 aliphatic heterocycles. The lowest BCUT2D eigenvalue weighted by atomic mass is 10.2. The van der Waals surface area contributed by atoms with Gasteiger partial charge >= 0.3 is 0 Å². The Labute approximate surface area is 175 Å². The molecule has 4 heterocycles. The second-order valence-corrected chi connectivity index (χ2v) is 7.84. The van der Waals surface area contributed by atoms with Crippen LogP contribution in [0.25, 0.3) is 5.69 Å². The van der Waals surface area contributed by atoms with E-state index < -0.39 is 0 Å². The molecule has 1 unspecified atom stereocenters. The SMILES string of the molecule is N#Cc1cnc(Nc2cn(-c3ccc(N4CCC(N5CCCC5)C4)cc3)cn2)cn1. The number of imidazole rings is 1. The predicted molar refractivity (Wildman–Crippen MR) is 115 cm³/mol. The van der Waals surface area contributed by atoms with Gasteiger partial charge in [0, 0.05) is 30.5 Å². The molecular weight excluding hydrogens is 376 g/mol. The van der Waals surface area contributed by atoms with Crippen LogP contribution in [0.2, 0.25) is 0 Å². The minimum absolute atomic E-state index is 0.288. The molecule has 2 aromatic heterocycles. The highest BCUT2D eigenvalue weighted by Crippen LogP contribution is 2.26. The molecule has 0 saturated carbocycles. The van der Waals surface area contributed by atoms with Crippen LogP contribution < -0.4 is 10.2 Å². The number of aromatic nitrogens is 4. The van der Waals surface area contributed by atoms with E-state index in [1.807, 2.05) is 16.8 Å². The smallest absolute Gasteiger partial charge is 0.158 e. The van der Waals surface area contributed by atoms with Gasteiger partial charge in [-0.2, -0.15) is 5.26 Å². The van der Waals surface area contributed by atoms with E-state index >= 15 is 0 Å². The highest BCUT2D eigenvalue weighted by Gasteiger charge is 2.29. The van der Waals surface area contributed by atoms with Crippen LogP contribution in [-0.2, 0) is 0 Å². The third kappa shape index (κ3) is 3.84. The van der Waals surface area contributed by atoms with Crippen molar-refractivity contribution in [2.24, 2.45) is 0 Å². The Morgan fingerprint density at radius 3 is 2.47 bits per heavy atom. The summed E-state index contributed by atoms with van der Waals surface area (Å²) in [5.74, 6) is 1.22. The maximum atomic E-state index is 8.81. The zero-order valence-electron chi connectivity index (χ0n) is 16.8. The third-order valence-electron chi connectivity index (χ3n) is 5.94. The van der Waals surface area contributed by atoms with Gasteiger partial charge in [-0.3, -0.25) is 4.90 Å². The molecular formula is C22H24N8. The van der Waals surface area contributed by atoms with Gasteiger partial charge < -0.3 is 14.8 Å². The lowest BCUT2D eigenvalue weighted by molar-refractivity contribution is 0.260. The second-order valence-electron chi connectivity index (χ2n) is 7.84. The van der Waals surface area contributed by atoms with Crippen LogP contribution in [0.5, 0.6) is 0 Å². The standard InChI is InChI=1S/C22H24N8/c23-11-17-12-25-21(13-24-17)27-22-15-30(16-26-22)19-5-3-18(4-6-19)29-10-7-20(14-29)28-8-1-2-9-28/h3-6,12-13,15-16,20H,1-2,7-10,14H2,(H,25,27). The molecule has 1 aromatic carbocycles. The van der Waals surface area contributed by atoms with E-state index in [0.29, 0.717) is 17.7 Å². The van der Waals surface area contributed by atoms with Gasteiger partial charge in [-0.1, -0.05) is 0 Å². The predicted octanol–water partition coefficient (Wildman–Crippen LogP) is 2.95. The van der Waals surface area contributed by atoms with Crippen LogP contribution in [0.1, 0.15) is 25.0 Å². The Kier molecular flexibility index (Phi) is 5.03. The molecule has 2 fully saturated rings. The quantitative estimate of drug-likeness (QED) is 0.705. The van der Waals surface area contributed by atoms with Crippen molar-refractivity contribution in [3.8, 4) is 11.8 Å². The third-order valence-corrected chi connectivity index (χ3v) is 5.94. The summed E-state index contributed by atoms with van der Waals surface area (Å²) in [6, 6.07) is 11.3. The molecule has 3 aromatic rings. The molecule has 2 saturated heterocycles. The van der Waals surface area contributed by atoms with E-state index in [2.05, 4.69) is 54.3 Å². The van der Waals surface area contributed by atoms with Crippen molar-refractivity contribution in [2.45, 2.75) is 25.3 Å². The van der Waals surface area contributed by atoms with Crippen LogP contribution in [0.3, 0.4) is 0 Å². The van der Waals surface area contributed by atoms with E-state index in [1.54, 1.807) is 6.33 Å². The second kappa shape index (κ2) is 8.13. The molecule has 8 nitrogen and oxygen atoms in total. The topological polar surface area (TPSA) is 85.9 Å². The Morgan fingerprint density at radius 1 is 0.933 bits per heavy atom. The van der Waals surface area contributed by atoms with Crippen molar-refractivity contribution < 1.29 is 0 Å². The summed E-state index contributed by atoms with van der Waals surface area (Å²) in [5.41, 5.74) is 2.63. The minimum atomic E-state index is 0.288. The molecule has 0 radical (unpaired) electrons. The van der Waals surface area contributed by atoms with Gasteiger partial charge in [0.15, 0.2) is 5.69 Å². The van der Waals surface area contributed by atoms with Crippen LogP contribution in [0.15, 0.2) is 49.2 Å². The van der Waals surface area contributed by atoms with E-state index in [9.17, 15) is 0 Å². The maximum absolute atomic E-state index is 8.81. The van der Waals surface area contributed by atoms with Gasteiger partial charge in [-0.25, -0.2) is 15.0 Å². The minimum Gasteiger partial charge on any atom is -0.370 e. The summed E-state index contributed by atoms with van der Waals surface area (Å²) >= 11 is 0. The van der Waals surface area contributed by atoms with Gasteiger partial charge in [0.1, 0.15) is 24.0 Å². The number of hydrogen-bond donors (Lipinski definition) is 1. The summed E-state index contributed by atoms with van der Waals surface area (Å²) in [4.78, 5) is 17.7. The van der Waals surface area contributed by atoms with Crippen molar-refractivity contribution in [2.75, 3.05) is 36.4 Å². The van der Waals surface area contributed by atoms with Crippen molar-refractivity contribution in [3.63, 3.8) is 0 Å². The summed E-state index contributed by atoms with van der Waals surface area (Å²) < 4.78 is 1.97. The first-order chi connectivity index (χ1) is 14.8. The van der Waals surface area contributed by atoms with Crippen molar-refractivity contribution in [3.05, 3.63) is 54.9 Å². The fourth-order valence-corrected chi connectivity index (χ4v) is 4.33. The molecule has 0 aliphatic carbocycles. The van der Waals surface area contributed by atoms with Crippen molar-refractivity contribution in [1.29, 1.82) is 5.26 Å². The summed E-state index contributed by atoms with van der Waals surface area (Å²) in [6.45, 7) is 4.79. The van der Waals surface area contributed by atoms with Gasteiger partial charge in [0.05, 0.1) is 18.6 Å². The summed E-state index contributed by atoms with van der Waals surface area (Å²) in [6.07, 6.45) is 10.6. The molecule has 0 bridgehead atoms. The molecule has 152 valence electrons. The average Bonchev–Trinajstić information content (AvgIpc) is 3.55. The molecule has 0 amide bonds. The fraction of sp³-hybridized carbons (Fsp3) is 0.364. The van der Waals surface area contributed by atoms with Gasteiger partial charge in [-0.05, 0) is 56.6 Å². The van der Waals surface area contributed by atoms with Crippen molar-refractivity contribution in [1.82, 2.24) is 24.4 Å². The average molecular weight is 400 g/mol. The van der Waals surface area contributed by atoms with E-state index in [0.717, 1.165) is 18.8 Å². The monoisotopic (exact) mass is 400 g/mol. The first-order valence-corrected chi connectivity index (χ1v) is 10.4. The largest absolute Gasteiger partial charge is 0.370 e. The molecule has 8 heteroatoms. The summed E-state index contributed by atoms with van der Waals surface area (Å²) in [5, 5.41) is 11.9. The molecule has 0 spiro atoms. The van der Waals surface area contributed by atoms with E-state index in [1.165, 1.54) is 50.4 Å². The lowest BCUT2D eigenvalue weighted by Gasteiger charge is -2.24. The molecule has 1 N–H and O–H groups in total. The number of nitriles is 1. The van der Waals surface area contributed by atoms with Crippen molar-refractivity contribution >= 4 is 17.3 Å². The molecule has 5 rings (SSSR count). The van der Waals surface area contributed by atoms with E-state index in [4.69, 9.17) is 5.26 Å². The fourth-order valence-electron chi connectivity index (χ4n) is 4.33. The van der Waals surface area contributed by atoms with Gasteiger partial charge in [-0.15, -0.1) is 0 Å². The highest BCUT2D eigenvalue weighted by molar-refractivity contribution is 5.54. The van der Waals surface area contributed by atoms with Gasteiger partial charge in [0.25, 0.3) is 0 Å². The maximum Gasteiger partial charge on any atom is 0.158 e. The van der Waals surface area contributed by atoms with Crippen LogP contribution in [0, 0.1) is 11.3 Å². The lowest BCUT2D eigenvalue weighted by Crippen LogP contribution is -2.35. The van der Waals surface area contributed by atoms with Crippen LogP contribution >= 0.6 is 0 Å². The number of benzene rings is 1. The first-order valence-electron chi connectivity index (χ1n) is 10.4. The zero-order valence-corrected chi connectivity index (χ0v) is 16.8. The Morgan fingerprint density at radius 2 is 1.73 bits per heavy atom. The first kappa shape index (κ1) is 18.6. The Bertz CT molecular complexity index is 1030. The Balaban J connectivity index is 1.23. The number of rotatable bonds is 5. The number of likely N-dealkylation sites (tertiary alicyclic amines) is 1. The molecule has 1 atom stereocenters. The van der Waals surface area contributed by atoms with Gasteiger partial charge in [0.2, 0.25) is 0 Å². The summed E-state index contributed by atoms with van der Waals surface area (Å²) in [7, 11) is 0. The number of hydrogen-bond acceptors (Lipinski definition) is 7. The van der Waals surface area contributed by atoms with Crippen LogP contribution in [0.4, 0.5) is 17.3 Å². The highest BCUT2D eigenvalue weighted by atomic mass is 15.3. The molecule has 30 heavy (non-hydrogen) atoms. The van der Waals surface area contributed by atoms with Crippen LogP contribution in [-0.4, -0.2) is 56.6 Å². The molecule has 2 aliphatic rings. The number of nitrogens with one attached hydrogen (secondary N) is 1. The van der Waals surface area contributed by atoms with E-state index in [-0.39, 0.29) is 5.69 Å². The Hall–Kier alpha value is -3.44. The normalized spacial score (nSPS) is 19.2. The zero-order chi connectivity index (χ0) is 20.3. The number of anilines is 3.